The third kappa shape index (κ3) is 2.76. The molecule has 1 saturated heterocycles. The SMILES string of the molecule is N=C(N1CCOCC1)N(C1C2CC3CC(C2)CC1C3)C1C2CC3CC(C2)CC1C3. The number of nitrogens with one attached hydrogen (secondary N) is 1. The molecule has 1 aliphatic heterocycles. The average Bonchev–Trinajstić information content (AvgIpc) is 2.71. The largest absolute Gasteiger partial charge is 0.378 e. The molecule has 0 spiro atoms. The molecule has 8 aliphatic carbocycles. The zero-order valence-electron chi connectivity index (χ0n) is 18.0. The highest BCUT2D eigenvalue weighted by atomic mass is 16.5. The maximum Gasteiger partial charge on any atom is 0.194 e. The van der Waals surface area contributed by atoms with E-state index in [4.69, 9.17) is 4.74 Å². The van der Waals surface area contributed by atoms with Gasteiger partial charge in [0.05, 0.1) is 13.2 Å². The Balaban J connectivity index is 1.24. The lowest BCUT2D eigenvalue weighted by atomic mass is 9.51. The van der Waals surface area contributed by atoms with Gasteiger partial charge in [-0.2, -0.15) is 0 Å². The normalized spacial score (nSPS) is 52.2. The predicted octanol–water partition coefficient (Wildman–Crippen LogP) is 4.20. The quantitative estimate of drug-likeness (QED) is 0.561. The molecule has 8 saturated carbocycles. The van der Waals surface area contributed by atoms with Gasteiger partial charge < -0.3 is 14.5 Å². The van der Waals surface area contributed by atoms with Crippen molar-refractivity contribution in [2.75, 3.05) is 26.3 Å². The molecule has 1 N–H and O–H groups in total. The summed E-state index contributed by atoms with van der Waals surface area (Å²) >= 11 is 0. The van der Waals surface area contributed by atoms with Crippen LogP contribution in [0.1, 0.15) is 64.2 Å². The second-order valence-electron chi connectivity index (χ2n) is 12.2. The molecule has 0 unspecified atom stereocenters. The van der Waals surface area contributed by atoms with Gasteiger partial charge in [0.1, 0.15) is 0 Å². The first-order chi connectivity index (χ1) is 14.2. The summed E-state index contributed by atoms with van der Waals surface area (Å²) in [7, 11) is 0. The zero-order chi connectivity index (χ0) is 19.1. The topological polar surface area (TPSA) is 39.6 Å². The van der Waals surface area contributed by atoms with Gasteiger partial charge >= 0.3 is 0 Å². The lowest BCUT2D eigenvalue weighted by Crippen LogP contribution is -2.68. The Labute approximate surface area is 176 Å². The van der Waals surface area contributed by atoms with Gasteiger partial charge in [-0.1, -0.05) is 0 Å². The van der Waals surface area contributed by atoms with E-state index in [1.807, 2.05) is 0 Å². The fraction of sp³-hybridized carbons (Fsp3) is 0.960. The van der Waals surface area contributed by atoms with Crippen LogP contribution >= 0.6 is 0 Å². The molecule has 0 radical (unpaired) electrons. The van der Waals surface area contributed by atoms with Crippen molar-refractivity contribution in [1.29, 1.82) is 5.41 Å². The minimum atomic E-state index is 0.681. The van der Waals surface area contributed by atoms with Gasteiger partial charge in [0.15, 0.2) is 5.96 Å². The molecule has 9 fully saturated rings. The third-order valence-corrected chi connectivity index (χ3v) is 10.6. The van der Waals surface area contributed by atoms with Crippen LogP contribution in [0.4, 0.5) is 0 Å². The van der Waals surface area contributed by atoms with Crippen molar-refractivity contribution in [3.8, 4) is 0 Å². The molecule has 0 aromatic rings. The standard InChI is InChI=1S/C25H39N3O/c26-25(27-1-3-29-4-2-27)28(23-19-7-15-5-16(9-19)10-20(23)8-15)24-21-11-17-6-18(13-21)14-22(24)12-17/h15-24,26H,1-14H2. The number of guanidine groups is 1. The molecule has 29 heavy (non-hydrogen) atoms. The molecule has 8 bridgehead atoms. The van der Waals surface area contributed by atoms with E-state index >= 15 is 0 Å². The first-order valence-corrected chi connectivity index (χ1v) is 12.9. The first-order valence-electron chi connectivity index (χ1n) is 12.9. The summed E-state index contributed by atoms with van der Waals surface area (Å²) in [5.74, 6) is 8.50. The molecule has 0 aromatic carbocycles. The Bertz CT molecular complexity index is 573. The molecular weight excluding hydrogens is 358 g/mol. The highest BCUT2D eigenvalue weighted by Crippen LogP contribution is 2.59. The van der Waals surface area contributed by atoms with Crippen LogP contribution in [0, 0.1) is 52.8 Å². The summed E-state index contributed by atoms with van der Waals surface area (Å²) in [5.41, 5.74) is 0. The van der Waals surface area contributed by atoms with Crippen LogP contribution in [0.15, 0.2) is 0 Å². The van der Waals surface area contributed by atoms with Crippen LogP contribution < -0.4 is 0 Å². The molecule has 1 heterocycles. The lowest BCUT2D eigenvalue weighted by molar-refractivity contribution is -0.111. The highest BCUT2D eigenvalue weighted by molar-refractivity contribution is 5.78. The number of morpholine rings is 1. The van der Waals surface area contributed by atoms with E-state index in [1.54, 1.807) is 0 Å². The van der Waals surface area contributed by atoms with Crippen LogP contribution in [0.25, 0.3) is 0 Å². The van der Waals surface area contributed by atoms with Crippen LogP contribution in [-0.2, 0) is 4.74 Å². The zero-order valence-corrected chi connectivity index (χ0v) is 18.0. The molecular formula is C25H39N3O. The summed E-state index contributed by atoms with van der Waals surface area (Å²) in [5, 5.41) is 9.49. The Kier molecular flexibility index (Phi) is 4.07. The Morgan fingerprint density at radius 3 is 1.38 bits per heavy atom. The summed E-state index contributed by atoms with van der Waals surface area (Å²) in [6.07, 6.45) is 14.8. The molecule has 0 amide bonds. The number of hydrogen-bond donors (Lipinski definition) is 1. The first kappa shape index (κ1) is 17.9. The van der Waals surface area contributed by atoms with E-state index in [0.717, 1.165) is 79.6 Å². The third-order valence-electron chi connectivity index (χ3n) is 10.6. The van der Waals surface area contributed by atoms with Gasteiger partial charge in [-0.3, -0.25) is 5.41 Å². The van der Waals surface area contributed by atoms with Crippen molar-refractivity contribution in [3.63, 3.8) is 0 Å². The fourth-order valence-corrected chi connectivity index (χ4v) is 10.1. The number of nitrogens with zero attached hydrogens (tertiary/aromatic N) is 2. The van der Waals surface area contributed by atoms with Crippen molar-refractivity contribution in [2.24, 2.45) is 47.3 Å². The molecule has 9 rings (SSSR count). The molecule has 9 aliphatic rings. The van der Waals surface area contributed by atoms with E-state index in [9.17, 15) is 5.41 Å². The summed E-state index contributed by atoms with van der Waals surface area (Å²) in [4.78, 5) is 5.21. The Hall–Kier alpha value is -0.770. The fourth-order valence-electron chi connectivity index (χ4n) is 10.1. The Morgan fingerprint density at radius 1 is 0.621 bits per heavy atom. The molecule has 0 aromatic heterocycles. The summed E-state index contributed by atoms with van der Waals surface area (Å²) < 4.78 is 5.65. The number of rotatable bonds is 2. The van der Waals surface area contributed by atoms with Crippen LogP contribution in [0.3, 0.4) is 0 Å². The van der Waals surface area contributed by atoms with Gasteiger partial charge in [-0.25, -0.2) is 0 Å². The van der Waals surface area contributed by atoms with Crippen LogP contribution in [-0.4, -0.2) is 54.1 Å². The van der Waals surface area contributed by atoms with E-state index < -0.39 is 0 Å². The minimum Gasteiger partial charge on any atom is -0.378 e. The van der Waals surface area contributed by atoms with Gasteiger partial charge in [0.2, 0.25) is 0 Å². The van der Waals surface area contributed by atoms with Gasteiger partial charge in [0, 0.05) is 25.2 Å². The molecule has 4 heteroatoms. The summed E-state index contributed by atoms with van der Waals surface area (Å²) in [6.45, 7) is 3.46. The number of ether oxygens (including phenoxy) is 1. The highest BCUT2D eigenvalue weighted by Gasteiger charge is 2.57. The van der Waals surface area contributed by atoms with E-state index in [-0.39, 0.29) is 0 Å². The van der Waals surface area contributed by atoms with Crippen molar-refractivity contribution >= 4 is 5.96 Å². The van der Waals surface area contributed by atoms with Crippen molar-refractivity contribution < 1.29 is 4.74 Å². The van der Waals surface area contributed by atoms with Gasteiger partial charge in [0.25, 0.3) is 0 Å². The van der Waals surface area contributed by atoms with Crippen molar-refractivity contribution in [3.05, 3.63) is 0 Å². The molecule has 160 valence electrons. The lowest BCUT2D eigenvalue weighted by Gasteiger charge is -2.64. The van der Waals surface area contributed by atoms with Crippen molar-refractivity contribution in [1.82, 2.24) is 9.80 Å². The van der Waals surface area contributed by atoms with E-state index in [2.05, 4.69) is 9.80 Å². The minimum absolute atomic E-state index is 0.681. The average molecular weight is 398 g/mol. The predicted molar refractivity (Wildman–Crippen MR) is 114 cm³/mol. The second kappa shape index (κ2) is 6.61. The van der Waals surface area contributed by atoms with Crippen LogP contribution in [0.2, 0.25) is 0 Å². The number of hydrogen-bond acceptors (Lipinski definition) is 2. The van der Waals surface area contributed by atoms with E-state index in [0.29, 0.717) is 12.1 Å². The maximum absolute atomic E-state index is 9.49. The Morgan fingerprint density at radius 2 is 1.00 bits per heavy atom. The summed E-state index contributed by atoms with van der Waals surface area (Å²) in [6, 6.07) is 1.36. The van der Waals surface area contributed by atoms with Gasteiger partial charge in [-0.15, -0.1) is 0 Å². The smallest absolute Gasteiger partial charge is 0.194 e. The van der Waals surface area contributed by atoms with Gasteiger partial charge in [-0.05, 0) is 112 Å². The van der Waals surface area contributed by atoms with Crippen LogP contribution in [0.5, 0.6) is 0 Å². The second-order valence-corrected chi connectivity index (χ2v) is 12.2. The maximum atomic E-state index is 9.49. The molecule has 0 atom stereocenters. The van der Waals surface area contributed by atoms with Crippen molar-refractivity contribution in [2.45, 2.75) is 76.3 Å². The monoisotopic (exact) mass is 397 g/mol. The van der Waals surface area contributed by atoms with E-state index in [1.165, 1.54) is 64.2 Å². The molecule has 4 nitrogen and oxygen atoms in total.